The van der Waals surface area contributed by atoms with Gasteiger partial charge in [0.25, 0.3) is 0 Å². The lowest BCUT2D eigenvalue weighted by atomic mass is 10.1. The maximum Gasteiger partial charge on any atom is 0.319 e. The molecule has 0 spiro atoms. The lowest BCUT2D eigenvalue weighted by molar-refractivity contribution is 0.250. The topological polar surface area (TPSA) is 41.1 Å². The van der Waals surface area contributed by atoms with E-state index in [2.05, 4.69) is 10.6 Å². The Labute approximate surface area is 117 Å². The number of amides is 2. The maximum atomic E-state index is 11.7. The van der Waals surface area contributed by atoms with Gasteiger partial charge in [-0.25, -0.2) is 4.79 Å². The second-order valence-corrected chi connectivity index (χ2v) is 5.37. The Morgan fingerprint density at radius 2 is 2.00 bits per heavy atom. The van der Waals surface area contributed by atoms with Gasteiger partial charge in [-0.2, -0.15) is 0 Å². The first-order valence-electron chi connectivity index (χ1n) is 6.15. The molecule has 1 fully saturated rings. The van der Waals surface area contributed by atoms with E-state index >= 15 is 0 Å². The van der Waals surface area contributed by atoms with Crippen molar-refractivity contribution in [3.8, 4) is 0 Å². The second-order valence-electron chi connectivity index (χ2n) is 4.59. The Bertz CT molecular complexity index is 431. The van der Waals surface area contributed by atoms with E-state index < -0.39 is 0 Å². The highest BCUT2D eigenvalue weighted by Crippen LogP contribution is 2.29. The van der Waals surface area contributed by atoms with Crippen molar-refractivity contribution in [1.29, 1.82) is 0 Å². The van der Waals surface area contributed by atoms with Crippen molar-refractivity contribution >= 4 is 34.9 Å². The molecule has 0 aliphatic heterocycles. The summed E-state index contributed by atoms with van der Waals surface area (Å²) in [6.07, 6.45) is 4.96. The quantitative estimate of drug-likeness (QED) is 0.854. The maximum absolute atomic E-state index is 11.7. The number of benzene rings is 1. The molecule has 98 valence electrons. The van der Waals surface area contributed by atoms with Gasteiger partial charge >= 0.3 is 6.03 Å². The van der Waals surface area contributed by atoms with Crippen molar-refractivity contribution < 1.29 is 4.79 Å². The van der Waals surface area contributed by atoms with Gasteiger partial charge in [-0.05, 0) is 30.9 Å². The van der Waals surface area contributed by atoms with Gasteiger partial charge in [0.1, 0.15) is 0 Å². The average Bonchev–Trinajstić information content (AvgIpc) is 2.86. The van der Waals surface area contributed by atoms with Crippen molar-refractivity contribution in [2.75, 3.05) is 11.9 Å². The third kappa shape index (κ3) is 3.53. The molecular formula is C13H16Cl2N2O. The summed E-state index contributed by atoms with van der Waals surface area (Å²) in [7, 11) is 0. The first kappa shape index (κ1) is 13.5. The predicted molar refractivity (Wildman–Crippen MR) is 75.4 cm³/mol. The van der Waals surface area contributed by atoms with Crippen molar-refractivity contribution in [3.63, 3.8) is 0 Å². The Kier molecular flexibility index (Phi) is 4.72. The minimum absolute atomic E-state index is 0.230. The van der Waals surface area contributed by atoms with Crippen LogP contribution in [0, 0.1) is 5.92 Å². The van der Waals surface area contributed by atoms with E-state index in [-0.39, 0.29) is 6.03 Å². The fraction of sp³-hybridized carbons (Fsp3) is 0.462. The zero-order chi connectivity index (χ0) is 13.0. The molecule has 3 nitrogen and oxygen atoms in total. The van der Waals surface area contributed by atoms with Crippen LogP contribution in [-0.2, 0) is 0 Å². The van der Waals surface area contributed by atoms with Crippen LogP contribution in [0.5, 0.6) is 0 Å². The average molecular weight is 287 g/mol. The molecule has 2 rings (SSSR count). The first-order chi connectivity index (χ1) is 8.66. The molecule has 18 heavy (non-hydrogen) atoms. The van der Waals surface area contributed by atoms with Crippen LogP contribution in [0.1, 0.15) is 25.7 Å². The summed E-state index contributed by atoms with van der Waals surface area (Å²) in [5.41, 5.74) is 0.535. The van der Waals surface area contributed by atoms with Gasteiger partial charge in [0, 0.05) is 6.54 Å². The molecule has 0 saturated heterocycles. The Morgan fingerprint density at radius 1 is 1.28 bits per heavy atom. The molecule has 0 heterocycles. The third-order valence-electron chi connectivity index (χ3n) is 3.23. The predicted octanol–water partition coefficient (Wildman–Crippen LogP) is 4.31. The summed E-state index contributed by atoms with van der Waals surface area (Å²) >= 11 is 11.9. The van der Waals surface area contributed by atoms with Crippen LogP contribution in [-0.4, -0.2) is 12.6 Å². The van der Waals surface area contributed by atoms with Gasteiger partial charge in [0.15, 0.2) is 0 Å². The number of carbonyl (C=O) groups excluding carboxylic acids is 1. The number of halogens is 2. The summed E-state index contributed by atoms with van der Waals surface area (Å²) in [6.45, 7) is 0.726. The van der Waals surface area contributed by atoms with E-state index in [1.54, 1.807) is 18.2 Å². The summed E-state index contributed by atoms with van der Waals surface area (Å²) in [5.74, 6) is 0.616. The minimum atomic E-state index is -0.230. The molecule has 1 aromatic carbocycles. The molecule has 5 heteroatoms. The number of hydrogen-bond donors (Lipinski definition) is 2. The zero-order valence-corrected chi connectivity index (χ0v) is 11.5. The van der Waals surface area contributed by atoms with Gasteiger partial charge in [-0.3, -0.25) is 0 Å². The van der Waals surface area contributed by atoms with Gasteiger partial charge < -0.3 is 10.6 Å². The molecule has 1 aromatic rings. The SMILES string of the molecule is O=C(NCC1CCCC1)Nc1cccc(Cl)c1Cl. The monoisotopic (exact) mass is 286 g/mol. The smallest absolute Gasteiger partial charge is 0.319 e. The molecule has 0 radical (unpaired) electrons. The van der Waals surface area contributed by atoms with Crippen LogP contribution in [0.15, 0.2) is 18.2 Å². The van der Waals surface area contributed by atoms with Gasteiger partial charge in [-0.1, -0.05) is 42.1 Å². The second kappa shape index (κ2) is 6.30. The van der Waals surface area contributed by atoms with Crippen molar-refractivity contribution in [2.45, 2.75) is 25.7 Å². The fourth-order valence-corrected chi connectivity index (χ4v) is 2.57. The van der Waals surface area contributed by atoms with E-state index in [4.69, 9.17) is 23.2 Å². The standard InChI is InChI=1S/C13H16Cl2N2O/c14-10-6-3-7-11(12(10)15)17-13(18)16-8-9-4-1-2-5-9/h3,6-7,9H,1-2,4-5,8H2,(H2,16,17,18). The van der Waals surface area contributed by atoms with Crippen LogP contribution >= 0.6 is 23.2 Å². The van der Waals surface area contributed by atoms with Gasteiger partial charge in [0.2, 0.25) is 0 Å². The number of anilines is 1. The number of rotatable bonds is 3. The van der Waals surface area contributed by atoms with Crippen LogP contribution in [0.3, 0.4) is 0 Å². The third-order valence-corrected chi connectivity index (χ3v) is 4.04. The summed E-state index contributed by atoms with van der Waals surface area (Å²) < 4.78 is 0. The highest BCUT2D eigenvalue weighted by molar-refractivity contribution is 6.43. The lowest BCUT2D eigenvalue weighted by Gasteiger charge is -2.12. The summed E-state index contributed by atoms with van der Waals surface area (Å²) in [6, 6.07) is 4.93. The lowest BCUT2D eigenvalue weighted by Crippen LogP contribution is -2.32. The molecular weight excluding hydrogens is 271 g/mol. The van der Waals surface area contributed by atoms with E-state index in [0.29, 0.717) is 21.7 Å². The molecule has 1 aliphatic rings. The normalized spacial score (nSPS) is 15.7. The van der Waals surface area contributed by atoms with Crippen molar-refractivity contribution in [1.82, 2.24) is 5.32 Å². The first-order valence-corrected chi connectivity index (χ1v) is 6.91. The summed E-state index contributed by atoms with van der Waals surface area (Å²) in [4.78, 5) is 11.7. The van der Waals surface area contributed by atoms with Crippen LogP contribution in [0.25, 0.3) is 0 Å². The Balaban J connectivity index is 1.84. The number of hydrogen-bond acceptors (Lipinski definition) is 1. The van der Waals surface area contributed by atoms with Crippen LogP contribution < -0.4 is 10.6 Å². The zero-order valence-electron chi connectivity index (χ0n) is 10.0. The molecule has 0 unspecified atom stereocenters. The molecule has 2 N–H and O–H groups in total. The van der Waals surface area contributed by atoms with Gasteiger partial charge in [-0.15, -0.1) is 0 Å². The Morgan fingerprint density at radius 3 is 2.72 bits per heavy atom. The molecule has 0 bridgehead atoms. The fourth-order valence-electron chi connectivity index (χ4n) is 2.22. The van der Waals surface area contributed by atoms with Crippen molar-refractivity contribution in [2.24, 2.45) is 5.92 Å². The molecule has 0 atom stereocenters. The van der Waals surface area contributed by atoms with E-state index in [1.165, 1.54) is 25.7 Å². The Hall–Kier alpha value is -0.930. The van der Waals surface area contributed by atoms with E-state index in [9.17, 15) is 4.79 Å². The van der Waals surface area contributed by atoms with E-state index in [1.807, 2.05) is 0 Å². The van der Waals surface area contributed by atoms with Crippen LogP contribution in [0.4, 0.5) is 10.5 Å². The van der Waals surface area contributed by atoms with Crippen LogP contribution in [0.2, 0.25) is 10.0 Å². The highest BCUT2D eigenvalue weighted by atomic mass is 35.5. The molecule has 1 saturated carbocycles. The number of nitrogens with one attached hydrogen (secondary N) is 2. The number of carbonyl (C=O) groups is 1. The van der Waals surface area contributed by atoms with Crippen molar-refractivity contribution in [3.05, 3.63) is 28.2 Å². The van der Waals surface area contributed by atoms with E-state index in [0.717, 1.165) is 6.54 Å². The van der Waals surface area contributed by atoms with Gasteiger partial charge in [0.05, 0.1) is 15.7 Å². The molecule has 1 aliphatic carbocycles. The molecule has 0 aromatic heterocycles. The summed E-state index contributed by atoms with van der Waals surface area (Å²) in [5, 5.41) is 6.38. The molecule has 2 amide bonds. The highest BCUT2D eigenvalue weighted by Gasteiger charge is 2.16. The largest absolute Gasteiger partial charge is 0.338 e. The number of urea groups is 1. The minimum Gasteiger partial charge on any atom is -0.338 e.